The molecule has 0 fully saturated rings. The van der Waals surface area contributed by atoms with Gasteiger partial charge in [0.1, 0.15) is 5.01 Å². The maximum Gasteiger partial charge on any atom is 0.339 e. The Hall–Kier alpha value is -2.93. The Morgan fingerprint density at radius 3 is 2.60 bits per heavy atom. The van der Waals surface area contributed by atoms with Crippen molar-refractivity contribution in [3.8, 4) is 10.6 Å². The smallest absolute Gasteiger partial charge is 0.339 e. The second-order valence-corrected chi connectivity index (χ2v) is 9.94. The predicted octanol–water partition coefficient (Wildman–Crippen LogP) is 7.13. The molecule has 1 amide bonds. The number of benzene rings is 3. The van der Waals surface area contributed by atoms with Crippen molar-refractivity contribution in [2.75, 3.05) is 13.2 Å². The molecule has 0 aliphatic rings. The maximum atomic E-state index is 12.8. The van der Waals surface area contributed by atoms with Crippen LogP contribution < -0.4 is 5.32 Å². The summed E-state index contributed by atoms with van der Waals surface area (Å²) in [7, 11) is 0. The molecule has 0 saturated heterocycles. The number of para-hydroxylation sites is 1. The molecule has 0 aliphatic heterocycles. The monoisotopic (exact) mass is 526 g/mol. The fourth-order valence-electron chi connectivity index (χ4n) is 3.88. The van der Waals surface area contributed by atoms with E-state index in [0.29, 0.717) is 27.7 Å². The highest BCUT2D eigenvalue weighted by Gasteiger charge is 2.19. The van der Waals surface area contributed by atoms with Crippen LogP contribution in [0.5, 0.6) is 0 Å². The molecular weight excluding hydrogens is 503 g/mol. The number of fused-ring (bicyclic) bond motifs is 1. The molecule has 5 nitrogen and oxygen atoms in total. The second kappa shape index (κ2) is 11.7. The summed E-state index contributed by atoms with van der Waals surface area (Å²) >= 11 is 13.9. The van der Waals surface area contributed by atoms with Gasteiger partial charge in [-0.05, 0) is 42.3 Å². The van der Waals surface area contributed by atoms with Gasteiger partial charge in [-0.15, -0.1) is 11.3 Å². The Kier molecular flexibility index (Phi) is 8.39. The highest BCUT2D eigenvalue weighted by Crippen LogP contribution is 2.32. The number of aromatic nitrogens is 1. The van der Waals surface area contributed by atoms with Gasteiger partial charge in [0, 0.05) is 28.1 Å². The van der Waals surface area contributed by atoms with Crippen LogP contribution in [0.2, 0.25) is 10.0 Å². The molecule has 180 valence electrons. The van der Waals surface area contributed by atoms with Crippen molar-refractivity contribution >= 4 is 56.6 Å². The van der Waals surface area contributed by atoms with Crippen LogP contribution in [0.25, 0.3) is 20.8 Å². The molecule has 0 spiro atoms. The zero-order valence-corrected chi connectivity index (χ0v) is 21.4. The average molecular weight is 527 g/mol. The van der Waals surface area contributed by atoms with Gasteiger partial charge < -0.3 is 10.1 Å². The molecule has 0 saturated carbocycles. The lowest BCUT2D eigenvalue weighted by Crippen LogP contribution is -2.32. The third kappa shape index (κ3) is 6.20. The van der Waals surface area contributed by atoms with Crippen molar-refractivity contribution < 1.29 is 14.3 Å². The molecule has 0 unspecified atom stereocenters. The molecule has 1 aromatic heterocycles. The van der Waals surface area contributed by atoms with Crippen LogP contribution in [-0.2, 0) is 9.53 Å². The number of nitrogens with one attached hydrogen (secondary N) is 1. The third-order valence-electron chi connectivity index (χ3n) is 5.59. The van der Waals surface area contributed by atoms with E-state index in [1.807, 2.05) is 42.5 Å². The average Bonchev–Trinajstić information content (AvgIpc) is 3.29. The first-order valence-corrected chi connectivity index (χ1v) is 12.9. The van der Waals surface area contributed by atoms with Gasteiger partial charge >= 0.3 is 5.97 Å². The van der Waals surface area contributed by atoms with Gasteiger partial charge in [0.25, 0.3) is 5.91 Å². The number of carbonyl (C=O) groups excluding carboxylic acids is 2. The topological polar surface area (TPSA) is 68.3 Å². The molecule has 0 radical (unpaired) electrons. The summed E-state index contributed by atoms with van der Waals surface area (Å²) in [5, 5.41) is 4.73. The van der Waals surface area contributed by atoms with E-state index >= 15 is 0 Å². The minimum absolute atomic E-state index is 0.0316. The van der Waals surface area contributed by atoms with Gasteiger partial charge in [0.2, 0.25) is 0 Å². The molecule has 3 aromatic carbocycles. The van der Waals surface area contributed by atoms with E-state index in [-0.39, 0.29) is 18.4 Å². The SMILES string of the molecule is CCC[C@H](CNC(=O)COC(=O)c1ccccc1-c1nc2ccccc2s1)c1ccc(Cl)cc1Cl. The summed E-state index contributed by atoms with van der Waals surface area (Å²) in [4.78, 5) is 30.0. The number of nitrogens with zero attached hydrogens (tertiary/aromatic N) is 1. The first kappa shape index (κ1) is 25.2. The predicted molar refractivity (Wildman–Crippen MR) is 142 cm³/mol. The number of amides is 1. The molecule has 1 N–H and O–H groups in total. The Morgan fingerprint density at radius 2 is 1.83 bits per heavy atom. The van der Waals surface area contributed by atoms with Crippen LogP contribution in [0.15, 0.2) is 66.7 Å². The summed E-state index contributed by atoms with van der Waals surface area (Å²) in [6.07, 6.45) is 1.77. The van der Waals surface area contributed by atoms with E-state index in [9.17, 15) is 9.59 Å². The normalized spacial score (nSPS) is 11.9. The second-order valence-electron chi connectivity index (χ2n) is 8.06. The van der Waals surface area contributed by atoms with E-state index in [4.69, 9.17) is 27.9 Å². The maximum absolute atomic E-state index is 12.8. The third-order valence-corrected chi connectivity index (χ3v) is 7.22. The zero-order valence-electron chi connectivity index (χ0n) is 19.1. The van der Waals surface area contributed by atoms with Gasteiger partial charge in [-0.3, -0.25) is 4.79 Å². The van der Waals surface area contributed by atoms with Crippen molar-refractivity contribution in [1.29, 1.82) is 0 Å². The number of hydrogen-bond acceptors (Lipinski definition) is 5. The fourth-order valence-corrected chi connectivity index (χ4v) is 5.45. The molecule has 0 bridgehead atoms. The molecule has 1 heterocycles. The number of halogens is 2. The molecule has 1 atom stereocenters. The highest BCUT2D eigenvalue weighted by atomic mass is 35.5. The van der Waals surface area contributed by atoms with Gasteiger partial charge in [-0.2, -0.15) is 0 Å². The van der Waals surface area contributed by atoms with Gasteiger partial charge in [0.05, 0.1) is 15.8 Å². The Bertz CT molecular complexity index is 1320. The van der Waals surface area contributed by atoms with Crippen molar-refractivity contribution in [2.45, 2.75) is 25.7 Å². The molecule has 8 heteroatoms. The fraction of sp³-hybridized carbons (Fsp3) is 0.222. The minimum Gasteiger partial charge on any atom is -0.452 e. The molecule has 0 aliphatic carbocycles. The number of ether oxygens (including phenoxy) is 1. The number of thiazole rings is 1. The van der Waals surface area contributed by atoms with E-state index in [1.165, 1.54) is 11.3 Å². The minimum atomic E-state index is -0.569. The molecule has 4 rings (SSSR count). The van der Waals surface area contributed by atoms with Crippen LogP contribution in [-0.4, -0.2) is 30.0 Å². The van der Waals surface area contributed by atoms with E-state index in [2.05, 4.69) is 17.2 Å². The van der Waals surface area contributed by atoms with Crippen LogP contribution in [0, 0.1) is 0 Å². The van der Waals surface area contributed by atoms with Crippen LogP contribution in [0.4, 0.5) is 0 Å². The number of carbonyl (C=O) groups is 2. The molecule has 4 aromatic rings. The van der Waals surface area contributed by atoms with Gasteiger partial charge in [0.15, 0.2) is 6.61 Å². The van der Waals surface area contributed by atoms with E-state index in [1.54, 1.807) is 24.3 Å². The molecule has 35 heavy (non-hydrogen) atoms. The van der Waals surface area contributed by atoms with Crippen LogP contribution >= 0.6 is 34.5 Å². The summed E-state index contributed by atoms with van der Waals surface area (Å²) in [6.45, 7) is 2.08. The first-order chi connectivity index (χ1) is 17.0. The summed E-state index contributed by atoms with van der Waals surface area (Å²) in [5.41, 5.74) is 2.85. The van der Waals surface area contributed by atoms with Crippen LogP contribution in [0.3, 0.4) is 0 Å². The number of rotatable bonds is 9. The zero-order chi connectivity index (χ0) is 24.8. The van der Waals surface area contributed by atoms with Crippen molar-refractivity contribution in [1.82, 2.24) is 10.3 Å². The number of hydrogen-bond donors (Lipinski definition) is 1. The van der Waals surface area contributed by atoms with Gasteiger partial charge in [-0.25, -0.2) is 9.78 Å². The lowest BCUT2D eigenvalue weighted by Gasteiger charge is -2.19. The first-order valence-electron chi connectivity index (χ1n) is 11.3. The summed E-state index contributed by atoms with van der Waals surface area (Å²) in [5.74, 6) is -0.910. The molecular formula is C27H24Cl2N2O3S. The van der Waals surface area contributed by atoms with Gasteiger partial charge in [-0.1, -0.05) is 72.9 Å². The highest BCUT2D eigenvalue weighted by molar-refractivity contribution is 7.21. The van der Waals surface area contributed by atoms with E-state index < -0.39 is 5.97 Å². The largest absolute Gasteiger partial charge is 0.452 e. The van der Waals surface area contributed by atoms with Crippen molar-refractivity contribution in [3.63, 3.8) is 0 Å². The Morgan fingerprint density at radius 1 is 1.06 bits per heavy atom. The standard InChI is InChI=1S/C27H24Cl2N2O3S/c1-2-7-17(19-13-12-18(28)14-22(19)29)15-30-25(32)16-34-27(33)21-9-4-3-8-20(21)26-31-23-10-5-6-11-24(23)35-26/h3-6,8-14,17H,2,7,15-16H2,1H3,(H,30,32)/t17-/m1/s1. The Balaban J connectivity index is 1.39. The lowest BCUT2D eigenvalue weighted by atomic mass is 9.94. The van der Waals surface area contributed by atoms with Crippen molar-refractivity contribution in [2.24, 2.45) is 0 Å². The van der Waals surface area contributed by atoms with Crippen molar-refractivity contribution in [3.05, 3.63) is 87.9 Å². The quantitative estimate of drug-likeness (QED) is 0.235. The van der Waals surface area contributed by atoms with E-state index in [0.717, 1.165) is 33.6 Å². The number of esters is 1. The summed E-state index contributed by atoms with van der Waals surface area (Å²) in [6, 6.07) is 20.3. The lowest BCUT2D eigenvalue weighted by molar-refractivity contribution is -0.124. The van der Waals surface area contributed by atoms with Crippen LogP contribution in [0.1, 0.15) is 41.6 Å². The summed E-state index contributed by atoms with van der Waals surface area (Å²) < 4.78 is 6.38. The Labute approximate surface area is 218 Å².